The van der Waals surface area contributed by atoms with Crippen LogP contribution < -0.4 is 10.6 Å². The van der Waals surface area contributed by atoms with E-state index < -0.39 is 0 Å². The molecular weight excluding hydrogens is 248 g/mol. The molecule has 1 aliphatic heterocycles. The van der Waals surface area contributed by atoms with Crippen molar-refractivity contribution in [1.29, 1.82) is 0 Å². The van der Waals surface area contributed by atoms with E-state index in [0.29, 0.717) is 0 Å². The van der Waals surface area contributed by atoms with Gasteiger partial charge in [0.05, 0.1) is 5.41 Å². The van der Waals surface area contributed by atoms with E-state index in [1.165, 1.54) is 11.1 Å². The second-order valence-corrected chi connectivity index (χ2v) is 6.35. The van der Waals surface area contributed by atoms with Crippen LogP contribution in [0.5, 0.6) is 0 Å². The molecule has 0 bridgehead atoms. The fraction of sp³-hybridized carbons (Fsp3) is 0.588. The van der Waals surface area contributed by atoms with E-state index in [0.717, 1.165) is 32.4 Å². The summed E-state index contributed by atoms with van der Waals surface area (Å²) in [4.78, 5) is 12.5. The molecular formula is C17H26N2O. The molecule has 1 saturated heterocycles. The van der Waals surface area contributed by atoms with Crippen LogP contribution in [-0.2, 0) is 11.2 Å². The first kappa shape index (κ1) is 15.0. The minimum absolute atomic E-state index is 0.169. The Morgan fingerprint density at radius 2 is 2.20 bits per heavy atom. The van der Waals surface area contributed by atoms with Gasteiger partial charge in [0.25, 0.3) is 0 Å². The number of piperidine rings is 1. The molecule has 20 heavy (non-hydrogen) atoms. The van der Waals surface area contributed by atoms with Crippen molar-refractivity contribution in [3.8, 4) is 0 Å². The number of aryl methyl sites for hydroxylation is 1. The van der Waals surface area contributed by atoms with Crippen molar-refractivity contribution in [2.24, 2.45) is 5.41 Å². The highest BCUT2D eigenvalue weighted by Crippen LogP contribution is 2.25. The topological polar surface area (TPSA) is 41.1 Å². The predicted octanol–water partition coefficient (Wildman–Crippen LogP) is 2.43. The predicted molar refractivity (Wildman–Crippen MR) is 82.7 cm³/mol. The lowest BCUT2D eigenvalue weighted by atomic mass is 9.81. The van der Waals surface area contributed by atoms with E-state index >= 15 is 0 Å². The maximum atomic E-state index is 12.5. The first-order chi connectivity index (χ1) is 9.51. The van der Waals surface area contributed by atoms with E-state index in [1.807, 2.05) is 0 Å². The van der Waals surface area contributed by atoms with Gasteiger partial charge in [-0.25, -0.2) is 0 Å². The van der Waals surface area contributed by atoms with Crippen LogP contribution in [0.15, 0.2) is 24.3 Å². The Hall–Kier alpha value is -1.35. The maximum Gasteiger partial charge on any atom is 0.227 e. The Balaban J connectivity index is 1.92. The van der Waals surface area contributed by atoms with Gasteiger partial charge in [0, 0.05) is 12.6 Å². The van der Waals surface area contributed by atoms with E-state index in [-0.39, 0.29) is 17.4 Å². The number of benzene rings is 1. The Kier molecular flexibility index (Phi) is 4.81. The summed E-state index contributed by atoms with van der Waals surface area (Å²) in [6.45, 7) is 8.09. The lowest BCUT2D eigenvalue weighted by Crippen LogP contribution is -2.51. The highest BCUT2D eigenvalue weighted by atomic mass is 16.2. The Morgan fingerprint density at radius 3 is 2.85 bits per heavy atom. The van der Waals surface area contributed by atoms with E-state index in [2.05, 4.69) is 55.7 Å². The van der Waals surface area contributed by atoms with Crippen LogP contribution >= 0.6 is 0 Å². The zero-order chi connectivity index (χ0) is 14.6. The molecule has 1 aliphatic rings. The Bertz CT molecular complexity index is 464. The van der Waals surface area contributed by atoms with Gasteiger partial charge >= 0.3 is 0 Å². The molecule has 3 heteroatoms. The van der Waals surface area contributed by atoms with Crippen molar-refractivity contribution < 1.29 is 4.79 Å². The van der Waals surface area contributed by atoms with Crippen LogP contribution in [-0.4, -0.2) is 25.0 Å². The number of nitrogens with one attached hydrogen (secondary N) is 2. The molecule has 2 rings (SSSR count). The number of amides is 1. The summed E-state index contributed by atoms with van der Waals surface area (Å²) < 4.78 is 0. The molecule has 1 aromatic rings. The van der Waals surface area contributed by atoms with Gasteiger partial charge in [-0.15, -0.1) is 0 Å². The van der Waals surface area contributed by atoms with Crippen LogP contribution in [0.4, 0.5) is 0 Å². The summed E-state index contributed by atoms with van der Waals surface area (Å²) in [5.74, 6) is 0.186. The van der Waals surface area contributed by atoms with Gasteiger partial charge in [-0.2, -0.15) is 0 Å². The standard InChI is InChI=1S/C17H26N2O/c1-13-7-4-5-8-15(13)11-14(2)19-16(20)17(3)9-6-10-18-12-17/h4-5,7-8,14,18H,6,9-12H2,1-3H3,(H,19,20). The Labute approximate surface area is 122 Å². The third-order valence-electron chi connectivity index (χ3n) is 4.31. The van der Waals surface area contributed by atoms with Crippen molar-refractivity contribution in [2.75, 3.05) is 13.1 Å². The van der Waals surface area contributed by atoms with Gasteiger partial charge in [-0.1, -0.05) is 24.3 Å². The first-order valence-corrected chi connectivity index (χ1v) is 7.57. The molecule has 2 unspecified atom stereocenters. The molecule has 2 N–H and O–H groups in total. The number of hydrogen-bond donors (Lipinski definition) is 2. The van der Waals surface area contributed by atoms with Gasteiger partial charge in [-0.3, -0.25) is 4.79 Å². The van der Waals surface area contributed by atoms with Gasteiger partial charge < -0.3 is 10.6 Å². The van der Waals surface area contributed by atoms with Crippen molar-refractivity contribution in [1.82, 2.24) is 10.6 Å². The largest absolute Gasteiger partial charge is 0.353 e. The van der Waals surface area contributed by atoms with E-state index in [1.54, 1.807) is 0 Å². The average Bonchev–Trinajstić information content (AvgIpc) is 2.42. The molecule has 1 amide bonds. The third-order valence-corrected chi connectivity index (χ3v) is 4.31. The molecule has 2 atom stereocenters. The van der Waals surface area contributed by atoms with Crippen LogP contribution in [0, 0.1) is 12.3 Å². The summed E-state index contributed by atoms with van der Waals surface area (Å²) in [7, 11) is 0. The molecule has 0 spiro atoms. The zero-order valence-electron chi connectivity index (χ0n) is 12.8. The number of carbonyl (C=O) groups excluding carboxylic acids is 1. The van der Waals surface area contributed by atoms with Crippen molar-refractivity contribution in [3.05, 3.63) is 35.4 Å². The van der Waals surface area contributed by atoms with E-state index in [4.69, 9.17) is 0 Å². The fourth-order valence-corrected chi connectivity index (χ4v) is 2.87. The van der Waals surface area contributed by atoms with Crippen molar-refractivity contribution in [2.45, 2.75) is 46.1 Å². The molecule has 1 heterocycles. The maximum absolute atomic E-state index is 12.5. The van der Waals surface area contributed by atoms with Crippen LogP contribution in [0.3, 0.4) is 0 Å². The van der Waals surface area contributed by atoms with Crippen molar-refractivity contribution in [3.63, 3.8) is 0 Å². The van der Waals surface area contributed by atoms with Crippen LogP contribution in [0.1, 0.15) is 37.8 Å². The summed E-state index contributed by atoms with van der Waals surface area (Å²) in [6.07, 6.45) is 2.95. The lowest BCUT2D eigenvalue weighted by Gasteiger charge is -2.33. The summed E-state index contributed by atoms with van der Waals surface area (Å²) in [5.41, 5.74) is 2.35. The minimum atomic E-state index is -0.252. The summed E-state index contributed by atoms with van der Waals surface area (Å²) in [6, 6.07) is 8.54. The second-order valence-electron chi connectivity index (χ2n) is 6.35. The second kappa shape index (κ2) is 6.40. The smallest absolute Gasteiger partial charge is 0.227 e. The first-order valence-electron chi connectivity index (χ1n) is 7.57. The van der Waals surface area contributed by atoms with Crippen LogP contribution in [0.2, 0.25) is 0 Å². The van der Waals surface area contributed by atoms with Crippen molar-refractivity contribution >= 4 is 5.91 Å². The van der Waals surface area contributed by atoms with E-state index in [9.17, 15) is 4.79 Å². The number of hydrogen-bond acceptors (Lipinski definition) is 2. The number of rotatable bonds is 4. The monoisotopic (exact) mass is 274 g/mol. The highest BCUT2D eigenvalue weighted by molar-refractivity contribution is 5.82. The SMILES string of the molecule is Cc1ccccc1CC(C)NC(=O)C1(C)CCCNC1. The zero-order valence-corrected chi connectivity index (χ0v) is 12.8. The molecule has 0 radical (unpaired) electrons. The lowest BCUT2D eigenvalue weighted by molar-refractivity contribution is -0.131. The summed E-state index contributed by atoms with van der Waals surface area (Å²) in [5, 5.41) is 6.51. The molecule has 0 aromatic heterocycles. The van der Waals surface area contributed by atoms with Crippen LogP contribution in [0.25, 0.3) is 0 Å². The van der Waals surface area contributed by atoms with Gasteiger partial charge in [0.1, 0.15) is 0 Å². The molecule has 1 aromatic carbocycles. The highest BCUT2D eigenvalue weighted by Gasteiger charge is 2.34. The molecule has 110 valence electrons. The molecule has 3 nitrogen and oxygen atoms in total. The summed E-state index contributed by atoms with van der Waals surface area (Å²) >= 11 is 0. The molecule has 0 aliphatic carbocycles. The average molecular weight is 274 g/mol. The normalized spacial score (nSPS) is 24.1. The van der Waals surface area contributed by atoms with Gasteiger partial charge in [0.2, 0.25) is 5.91 Å². The number of carbonyl (C=O) groups is 1. The minimum Gasteiger partial charge on any atom is -0.353 e. The quantitative estimate of drug-likeness (QED) is 0.885. The molecule has 1 fully saturated rings. The molecule has 0 saturated carbocycles. The Morgan fingerprint density at radius 1 is 1.45 bits per heavy atom. The third kappa shape index (κ3) is 3.60. The fourth-order valence-electron chi connectivity index (χ4n) is 2.87. The van der Waals surface area contributed by atoms with Gasteiger partial charge in [0.15, 0.2) is 0 Å². The van der Waals surface area contributed by atoms with Gasteiger partial charge in [-0.05, 0) is 57.7 Å².